The van der Waals surface area contributed by atoms with Crippen molar-refractivity contribution >= 4 is 23.6 Å². The molecule has 138 valence electrons. The second-order valence-electron chi connectivity index (χ2n) is 6.66. The summed E-state index contributed by atoms with van der Waals surface area (Å²) in [5, 5.41) is 14.0. The molecule has 0 spiro atoms. The van der Waals surface area contributed by atoms with E-state index < -0.39 is 16.4 Å². The molecule has 7 heteroatoms. The van der Waals surface area contributed by atoms with E-state index in [1.54, 1.807) is 19.1 Å². The minimum atomic E-state index is -1.09. The van der Waals surface area contributed by atoms with E-state index in [9.17, 15) is 19.7 Å². The van der Waals surface area contributed by atoms with Crippen LogP contribution in [0.15, 0.2) is 60.3 Å². The van der Waals surface area contributed by atoms with Gasteiger partial charge in [0.2, 0.25) is 0 Å². The summed E-state index contributed by atoms with van der Waals surface area (Å²) < 4.78 is 0. The lowest BCUT2D eigenvalue weighted by Gasteiger charge is -2.39. The van der Waals surface area contributed by atoms with Crippen LogP contribution in [-0.4, -0.2) is 34.2 Å². The number of nitrogens with zero attached hydrogens (tertiary/aromatic N) is 2. The highest BCUT2D eigenvalue weighted by Crippen LogP contribution is 2.27. The number of nitro groups is 1. The quantitative estimate of drug-likeness (QED) is 0.512. The van der Waals surface area contributed by atoms with Gasteiger partial charge in [-0.3, -0.25) is 19.7 Å². The van der Waals surface area contributed by atoms with Crippen molar-refractivity contribution in [2.45, 2.75) is 18.9 Å². The summed E-state index contributed by atoms with van der Waals surface area (Å²) in [7, 11) is 1.50. The molecule has 0 bridgehead atoms. The number of nitro benzene ring substituents is 1. The van der Waals surface area contributed by atoms with Gasteiger partial charge in [0.05, 0.1) is 10.5 Å². The molecule has 2 aromatic rings. The van der Waals surface area contributed by atoms with Gasteiger partial charge in [0.25, 0.3) is 17.5 Å². The van der Waals surface area contributed by atoms with Crippen molar-refractivity contribution in [1.29, 1.82) is 0 Å². The summed E-state index contributed by atoms with van der Waals surface area (Å²) in [4.78, 5) is 37.6. The van der Waals surface area contributed by atoms with Gasteiger partial charge in [0, 0.05) is 19.5 Å². The summed E-state index contributed by atoms with van der Waals surface area (Å²) in [5.41, 5.74) is 0.0379. The van der Waals surface area contributed by atoms with Crippen LogP contribution in [0.1, 0.15) is 18.1 Å². The van der Waals surface area contributed by atoms with Crippen molar-refractivity contribution in [2.75, 3.05) is 7.05 Å². The highest BCUT2D eigenvalue weighted by molar-refractivity contribution is 6.09. The van der Waals surface area contributed by atoms with Crippen LogP contribution >= 0.6 is 0 Å². The number of piperazine rings is 1. The molecule has 1 heterocycles. The van der Waals surface area contributed by atoms with E-state index in [0.29, 0.717) is 6.42 Å². The normalized spacial score (nSPS) is 21.3. The minimum absolute atomic E-state index is 0.0693. The predicted octanol–water partition coefficient (Wildman–Crippen LogP) is 2.53. The Hall–Kier alpha value is -3.48. The lowest BCUT2D eigenvalue weighted by molar-refractivity contribution is -0.385. The lowest BCUT2D eigenvalue weighted by atomic mass is 9.88. The second-order valence-corrected chi connectivity index (χ2v) is 6.66. The molecule has 0 saturated carbocycles. The summed E-state index contributed by atoms with van der Waals surface area (Å²) in [6, 6.07) is 15.5. The molecule has 1 unspecified atom stereocenters. The third-order valence-electron chi connectivity index (χ3n) is 4.59. The Labute approximate surface area is 156 Å². The SMILES string of the molecule is CN1C(=O)C(C)(Cc2ccccc2)NC(=O)C1=Cc1ccccc1[N+](=O)[O-]. The third kappa shape index (κ3) is 3.57. The summed E-state index contributed by atoms with van der Waals surface area (Å²) >= 11 is 0. The van der Waals surface area contributed by atoms with Crippen LogP contribution in [0.5, 0.6) is 0 Å². The first-order chi connectivity index (χ1) is 12.8. The van der Waals surface area contributed by atoms with E-state index >= 15 is 0 Å². The number of hydrogen-bond donors (Lipinski definition) is 1. The topological polar surface area (TPSA) is 92.6 Å². The molecular weight excluding hydrogens is 346 g/mol. The number of hydrogen-bond acceptors (Lipinski definition) is 4. The zero-order valence-corrected chi connectivity index (χ0v) is 15.0. The Bertz CT molecular complexity index is 939. The monoisotopic (exact) mass is 365 g/mol. The van der Waals surface area contributed by atoms with Gasteiger partial charge in [-0.15, -0.1) is 0 Å². The van der Waals surface area contributed by atoms with Crippen molar-refractivity contribution in [2.24, 2.45) is 0 Å². The Morgan fingerprint density at radius 2 is 1.74 bits per heavy atom. The van der Waals surface area contributed by atoms with E-state index in [4.69, 9.17) is 0 Å². The van der Waals surface area contributed by atoms with E-state index in [-0.39, 0.29) is 22.9 Å². The maximum absolute atomic E-state index is 13.0. The fourth-order valence-corrected chi connectivity index (χ4v) is 3.21. The molecule has 1 aliphatic heterocycles. The molecule has 0 radical (unpaired) electrons. The maximum atomic E-state index is 13.0. The van der Waals surface area contributed by atoms with Gasteiger partial charge < -0.3 is 10.2 Å². The number of para-hydroxylation sites is 1. The Morgan fingerprint density at radius 1 is 1.11 bits per heavy atom. The summed E-state index contributed by atoms with van der Waals surface area (Å²) in [6.45, 7) is 1.68. The molecule has 1 aliphatic rings. The molecule has 1 fully saturated rings. The van der Waals surface area contributed by atoms with Crippen LogP contribution < -0.4 is 5.32 Å². The van der Waals surface area contributed by atoms with Crippen LogP contribution in [0.25, 0.3) is 6.08 Å². The van der Waals surface area contributed by atoms with Gasteiger partial charge in [-0.1, -0.05) is 42.5 Å². The first-order valence-electron chi connectivity index (χ1n) is 8.41. The average molecular weight is 365 g/mol. The number of carbonyl (C=O) groups is 2. The molecule has 0 aliphatic carbocycles. The number of amides is 2. The zero-order valence-electron chi connectivity index (χ0n) is 15.0. The number of carbonyl (C=O) groups excluding carboxylic acids is 2. The number of rotatable bonds is 4. The highest BCUT2D eigenvalue weighted by Gasteiger charge is 2.44. The van der Waals surface area contributed by atoms with Gasteiger partial charge in [-0.2, -0.15) is 0 Å². The molecule has 1 atom stereocenters. The maximum Gasteiger partial charge on any atom is 0.276 e. The van der Waals surface area contributed by atoms with E-state index in [1.165, 1.54) is 30.2 Å². The zero-order chi connectivity index (χ0) is 19.6. The fraction of sp³-hybridized carbons (Fsp3) is 0.200. The molecule has 1 saturated heterocycles. The number of likely N-dealkylation sites (N-methyl/N-ethyl adjacent to an activating group) is 1. The fourth-order valence-electron chi connectivity index (χ4n) is 3.21. The van der Waals surface area contributed by atoms with Crippen molar-refractivity contribution in [3.05, 3.63) is 81.5 Å². The summed E-state index contributed by atoms with van der Waals surface area (Å²) in [6.07, 6.45) is 1.72. The van der Waals surface area contributed by atoms with Crippen LogP contribution in [-0.2, 0) is 16.0 Å². The lowest BCUT2D eigenvalue weighted by Crippen LogP contribution is -2.64. The van der Waals surface area contributed by atoms with Gasteiger partial charge in [0.1, 0.15) is 11.2 Å². The van der Waals surface area contributed by atoms with Crippen molar-refractivity contribution in [1.82, 2.24) is 10.2 Å². The van der Waals surface area contributed by atoms with Crippen molar-refractivity contribution in [3.8, 4) is 0 Å². The van der Waals surface area contributed by atoms with Gasteiger partial charge in [-0.05, 0) is 24.6 Å². The van der Waals surface area contributed by atoms with E-state index in [0.717, 1.165) is 5.56 Å². The second kappa shape index (κ2) is 7.03. The predicted molar refractivity (Wildman–Crippen MR) is 101 cm³/mol. The van der Waals surface area contributed by atoms with Crippen LogP contribution in [0.3, 0.4) is 0 Å². The minimum Gasteiger partial charge on any atom is -0.336 e. The van der Waals surface area contributed by atoms with Gasteiger partial charge in [-0.25, -0.2) is 0 Å². The molecule has 7 nitrogen and oxygen atoms in total. The van der Waals surface area contributed by atoms with Crippen LogP contribution in [0, 0.1) is 10.1 Å². The third-order valence-corrected chi connectivity index (χ3v) is 4.59. The van der Waals surface area contributed by atoms with Gasteiger partial charge in [0.15, 0.2) is 0 Å². The van der Waals surface area contributed by atoms with Crippen molar-refractivity contribution < 1.29 is 14.5 Å². The molecule has 27 heavy (non-hydrogen) atoms. The first-order valence-corrected chi connectivity index (χ1v) is 8.41. The highest BCUT2D eigenvalue weighted by atomic mass is 16.6. The smallest absolute Gasteiger partial charge is 0.276 e. The van der Waals surface area contributed by atoms with E-state index in [1.807, 2.05) is 30.3 Å². The Kier molecular flexibility index (Phi) is 4.77. The largest absolute Gasteiger partial charge is 0.336 e. The number of benzene rings is 2. The molecule has 2 amide bonds. The molecule has 3 rings (SSSR count). The van der Waals surface area contributed by atoms with Crippen LogP contribution in [0.2, 0.25) is 0 Å². The Balaban J connectivity index is 1.94. The Morgan fingerprint density at radius 3 is 2.41 bits per heavy atom. The molecule has 1 N–H and O–H groups in total. The molecule has 0 aromatic heterocycles. The molecule has 2 aromatic carbocycles. The summed E-state index contributed by atoms with van der Waals surface area (Å²) in [5.74, 6) is -0.732. The number of nitrogens with one attached hydrogen (secondary N) is 1. The molecular formula is C20H19N3O4. The van der Waals surface area contributed by atoms with E-state index in [2.05, 4.69) is 5.32 Å². The van der Waals surface area contributed by atoms with Crippen LogP contribution in [0.4, 0.5) is 5.69 Å². The standard InChI is InChI=1S/C20H19N3O4/c1-20(13-14-8-4-3-5-9-14)19(25)22(2)17(18(24)21-20)12-15-10-6-7-11-16(15)23(26)27/h3-12H,13H2,1-2H3,(H,21,24). The first kappa shape index (κ1) is 18.3. The van der Waals surface area contributed by atoms with Crippen molar-refractivity contribution in [3.63, 3.8) is 0 Å². The van der Waals surface area contributed by atoms with Gasteiger partial charge >= 0.3 is 0 Å². The average Bonchev–Trinajstić information content (AvgIpc) is 2.64.